The highest BCUT2D eigenvalue weighted by Crippen LogP contribution is 2.20. The second kappa shape index (κ2) is 8.79. The third-order valence-electron chi connectivity index (χ3n) is 4.15. The number of rotatable bonds is 6. The Morgan fingerprint density at radius 2 is 1.66 bits per heavy atom. The molecule has 0 aliphatic carbocycles. The van der Waals surface area contributed by atoms with E-state index >= 15 is 0 Å². The van der Waals surface area contributed by atoms with Gasteiger partial charge in [0.25, 0.3) is 5.91 Å². The first-order valence-corrected chi connectivity index (χ1v) is 8.80. The number of methoxy groups -OCH3 is 1. The summed E-state index contributed by atoms with van der Waals surface area (Å²) in [5.41, 5.74) is 2.81. The van der Waals surface area contributed by atoms with Crippen molar-refractivity contribution in [1.82, 2.24) is 4.98 Å². The zero-order chi connectivity index (χ0) is 20.8. The van der Waals surface area contributed by atoms with Gasteiger partial charge >= 0.3 is 5.97 Å². The number of benzene rings is 2. The Bertz CT molecular complexity index is 1060. The molecule has 0 radical (unpaired) electrons. The monoisotopic (exact) mass is 389 g/mol. The molecule has 7 nitrogen and oxygen atoms in total. The molecule has 1 amide bonds. The third-order valence-corrected chi connectivity index (χ3v) is 4.15. The van der Waals surface area contributed by atoms with Crippen molar-refractivity contribution in [2.75, 3.05) is 17.7 Å². The smallest absolute Gasteiger partial charge is 0.339 e. The summed E-state index contributed by atoms with van der Waals surface area (Å²) < 4.78 is 4.74. The van der Waals surface area contributed by atoms with Gasteiger partial charge in [0.1, 0.15) is 5.69 Å². The van der Waals surface area contributed by atoms with E-state index < -0.39 is 11.9 Å². The molecule has 3 rings (SSSR count). The number of nitrogens with one attached hydrogen (secondary N) is 2. The molecule has 2 aromatic carbocycles. The Balaban J connectivity index is 1.76. The van der Waals surface area contributed by atoms with Crippen LogP contribution in [0.4, 0.5) is 17.1 Å². The number of ketones is 1. The van der Waals surface area contributed by atoms with Gasteiger partial charge in [-0.25, -0.2) is 4.79 Å². The molecule has 0 aliphatic heterocycles. The number of amides is 1. The van der Waals surface area contributed by atoms with Crippen molar-refractivity contribution in [1.29, 1.82) is 0 Å². The highest BCUT2D eigenvalue weighted by atomic mass is 16.5. The molecule has 1 heterocycles. The molecular formula is C22H19N3O4. The number of carbonyl (C=O) groups is 3. The summed E-state index contributed by atoms with van der Waals surface area (Å²) >= 11 is 0. The van der Waals surface area contributed by atoms with Crippen molar-refractivity contribution in [2.24, 2.45) is 0 Å². The van der Waals surface area contributed by atoms with Gasteiger partial charge in [-0.2, -0.15) is 0 Å². The highest BCUT2D eigenvalue weighted by Gasteiger charge is 2.15. The average Bonchev–Trinajstić information content (AvgIpc) is 2.74. The number of hydrogen-bond acceptors (Lipinski definition) is 6. The fourth-order valence-electron chi connectivity index (χ4n) is 2.65. The van der Waals surface area contributed by atoms with Crippen LogP contribution >= 0.6 is 0 Å². The summed E-state index contributed by atoms with van der Waals surface area (Å²) in [6, 6.07) is 16.9. The molecular weight excluding hydrogens is 370 g/mol. The zero-order valence-electron chi connectivity index (χ0n) is 15.9. The predicted molar refractivity (Wildman–Crippen MR) is 110 cm³/mol. The van der Waals surface area contributed by atoms with Crippen molar-refractivity contribution < 1.29 is 19.1 Å². The van der Waals surface area contributed by atoms with Crippen LogP contribution in [0.5, 0.6) is 0 Å². The van der Waals surface area contributed by atoms with Crippen LogP contribution in [0.15, 0.2) is 66.9 Å². The van der Waals surface area contributed by atoms with Gasteiger partial charge in [-0.15, -0.1) is 0 Å². The molecule has 0 fully saturated rings. The van der Waals surface area contributed by atoms with Gasteiger partial charge in [-0.3, -0.25) is 14.6 Å². The van der Waals surface area contributed by atoms with Gasteiger partial charge in [0.2, 0.25) is 0 Å². The summed E-state index contributed by atoms with van der Waals surface area (Å²) in [7, 11) is 1.28. The Morgan fingerprint density at radius 3 is 2.34 bits per heavy atom. The summed E-state index contributed by atoms with van der Waals surface area (Å²) in [5.74, 6) is -1.01. The molecule has 0 saturated carbocycles. The number of para-hydroxylation sites is 1. The molecule has 1 aromatic heterocycles. The van der Waals surface area contributed by atoms with Gasteiger partial charge in [0, 0.05) is 23.1 Å². The van der Waals surface area contributed by atoms with Crippen molar-refractivity contribution in [3.05, 3.63) is 83.7 Å². The molecule has 0 saturated heterocycles. The summed E-state index contributed by atoms with van der Waals surface area (Å²) in [6.07, 6.45) is 1.51. The Labute approximate surface area is 167 Å². The lowest BCUT2D eigenvalue weighted by molar-refractivity contribution is 0.0601. The van der Waals surface area contributed by atoms with Crippen LogP contribution in [-0.4, -0.2) is 29.8 Å². The Morgan fingerprint density at radius 1 is 0.931 bits per heavy atom. The molecule has 0 spiro atoms. The van der Waals surface area contributed by atoms with Crippen molar-refractivity contribution in [3.8, 4) is 0 Å². The predicted octanol–water partition coefficient (Wildman–Crippen LogP) is 4.07. The first-order valence-electron chi connectivity index (χ1n) is 8.80. The molecule has 7 heteroatoms. The molecule has 146 valence electrons. The minimum Gasteiger partial charge on any atom is -0.465 e. The van der Waals surface area contributed by atoms with Crippen LogP contribution in [0.2, 0.25) is 0 Å². The van der Waals surface area contributed by atoms with Gasteiger partial charge in [-0.05, 0) is 55.5 Å². The van der Waals surface area contributed by atoms with Crippen LogP contribution in [0.3, 0.4) is 0 Å². The number of Topliss-reactive ketones (excluding diaryl/α,β-unsaturated/α-hetero) is 1. The van der Waals surface area contributed by atoms with E-state index in [1.54, 1.807) is 60.7 Å². The summed E-state index contributed by atoms with van der Waals surface area (Å²) in [4.78, 5) is 39.9. The second-order valence-corrected chi connectivity index (χ2v) is 6.18. The zero-order valence-corrected chi connectivity index (χ0v) is 15.9. The number of aromatic nitrogens is 1. The van der Waals surface area contributed by atoms with Gasteiger partial charge in [-0.1, -0.05) is 12.1 Å². The molecule has 0 bridgehead atoms. The number of hydrogen-bond donors (Lipinski definition) is 2. The summed E-state index contributed by atoms with van der Waals surface area (Å²) in [5, 5.41) is 5.85. The maximum Gasteiger partial charge on any atom is 0.339 e. The average molecular weight is 389 g/mol. The molecule has 29 heavy (non-hydrogen) atoms. The molecule has 0 aliphatic rings. The van der Waals surface area contributed by atoms with Crippen molar-refractivity contribution in [2.45, 2.75) is 6.92 Å². The molecule has 0 atom stereocenters. The minimum absolute atomic E-state index is 0.00773. The summed E-state index contributed by atoms with van der Waals surface area (Å²) in [6.45, 7) is 1.51. The normalized spacial score (nSPS) is 10.1. The standard InChI is InChI=1S/C22H19N3O4/c1-14(26)15-7-9-16(10-8-15)24-17-11-12-23-20(13-17)21(27)25-19-6-4-3-5-18(19)22(28)29-2/h3-13H,1-2H3,(H,23,24)(H,25,27). The largest absolute Gasteiger partial charge is 0.465 e. The van der Waals surface area contributed by atoms with E-state index in [9.17, 15) is 14.4 Å². The minimum atomic E-state index is -0.543. The number of anilines is 3. The van der Waals surface area contributed by atoms with E-state index in [0.717, 1.165) is 5.69 Å². The Kier molecular flexibility index (Phi) is 5.99. The fourth-order valence-corrected chi connectivity index (χ4v) is 2.65. The first kappa shape index (κ1) is 19.8. The second-order valence-electron chi connectivity index (χ2n) is 6.18. The first-order chi connectivity index (χ1) is 14.0. The number of carbonyl (C=O) groups excluding carboxylic acids is 3. The molecule has 3 aromatic rings. The quantitative estimate of drug-likeness (QED) is 0.487. The van der Waals surface area contributed by atoms with E-state index in [-0.39, 0.29) is 17.0 Å². The topological polar surface area (TPSA) is 97.4 Å². The van der Waals surface area contributed by atoms with Crippen LogP contribution in [0.1, 0.15) is 38.1 Å². The Hall–Kier alpha value is -4.00. The van der Waals surface area contributed by atoms with E-state index in [2.05, 4.69) is 15.6 Å². The van der Waals surface area contributed by atoms with Gasteiger partial charge < -0.3 is 15.4 Å². The number of nitrogens with zero attached hydrogens (tertiary/aromatic N) is 1. The number of ether oxygens (including phenoxy) is 1. The van der Waals surface area contributed by atoms with E-state index in [0.29, 0.717) is 16.9 Å². The number of pyridine rings is 1. The maximum absolute atomic E-state index is 12.6. The van der Waals surface area contributed by atoms with E-state index in [4.69, 9.17) is 4.74 Å². The van der Waals surface area contributed by atoms with Gasteiger partial charge in [0.05, 0.1) is 18.4 Å². The SMILES string of the molecule is COC(=O)c1ccccc1NC(=O)c1cc(Nc2ccc(C(C)=O)cc2)ccn1. The lowest BCUT2D eigenvalue weighted by Crippen LogP contribution is -2.16. The van der Waals surface area contributed by atoms with E-state index in [1.165, 1.54) is 20.2 Å². The van der Waals surface area contributed by atoms with Crippen LogP contribution in [-0.2, 0) is 4.74 Å². The van der Waals surface area contributed by atoms with Crippen molar-refractivity contribution >= 4 is 34.7 Å². The van der Waals surface area contributed by atoms with Crippen LogP contribution in [0, 0.1) is 0 Å². The highest BCUT2D eigenvalue weighted by molar-refractivity contribution is 6.07. The van der Waals surface area contributed by atoms with E-state index in [1.807, 2.05) is 0 Å². The number of esters is 1. The maximum atomic E-state index is 12.6. The van der Waals surface area contributed by atoms with Crippen LogP contribution < -0.4 is 10.6 Å². The lowest BCUT2D eigenvalue weighted by atomic mass is 10.1. The fraction of sp³-hybridized carbons (Fsp3) is 0.0909. The van der Waals surface area contributed by atoms with Crippen LogP contribution in [0.25, 0.3) is 0 Å². The molecule has 0 unspecified atom stereocenters. The van der Waals surface area contributed by atoms with Crippen molar-refractivity contribution in [3.63, 3.8) is 0 Å². The third kappa shape index (κ3) is 4.84. The lowest BCUT2D eigenvalue weighted by Gasteiger charge is -2.11. The molecule has 2 N–H and O–H groups in total. The van der Waals surface area contributed by atoms with Gasteiger partial charge in [0.15, 0.2) is 5.78 Å².